The molecule has 2 unspecified atom stereocenters. The Bertz CT molecular complexity index is 531. The summed E-state index contributed by atoms with van der Waals surface area (Å²) in [5.74, 6) is 0. The van der Waals surface area contributed by atoms with Crippen LogP contribution in [0.3, 0.4) is 0 Å². The Hall–Kier alpha value is -0.770. The molecule has 0 N–H and O–H groups in total. The van der Waals surface area contributed by atoms with Gasteiger partial charge in [-0.1, -0.05) is 20.8 Å². The van der Waals surface area contributed by atoms with E-state index in [4.69, 9.17) is 0 Å². The Morgan fingerprint density at radius 1 is 0.696 bits per heavy atom. The smallest absolute Gasteiger partial charge is 0.166 e. The molecule has 0 aliphatic carbocycles. The van der Waals surface area contributed by atoms with Crippen molar-refractivity contribution >= 4 is 13.2 Å². The molecule has 7 heteroatoms. The highest BCUT2D eigenvalue weighted by Crippen LogP contribution is 2.60. The lowest BCUT2D eigenvalue weighted by molar-refractivity contribution is -0.142. The zero-order valence-electron chi connectivity index (χ0n) is 12.3. The maximum atomic E-state index is 13.0. The van der Waals surface area contributed by atoms with Crippen LogP contribution in [0.4, 0.5) is 26.3 Å². The number of rotatable bonds is 1. The van der Waals surface area contributed by atoms with Gasteiger partial charge in [0, 0.05) is 0 Å². The molecule has 0 nitrogen and oxygen atoms in total. The zero-order chi connectivity index (χ0) is 16.8. The minimum atomic E-state index is -4.75. The van der Waals surface area contributed by atoms with Gasteiger partial charge in [-0.2, -0.15) is 26.3 Å². The van der Waals surface area contributed by atoms with Gasteiger partial charge in [0.05, 0.1) is 11.1 Å². The van der Waals surface area contributed by atoms with Gasteiger partial charge < -0.3 is 0 Å². The third-order valence-electron chi connectivity index (χ3n) is 4.82. The molecule has 0 amide bonds. The van der Waals surface area contributed by atoms with Crippen molar-refractivity contribution in [3.05, 3.63) is 29.3 Å². The first kappa shape index (κ1) is 17.1. The maximum Gasteiger partial charge on any atom is 0.416 e. The maximum absolute atomic E-state index is 13.0. The van der Waals surface area contributed by atoms with Crippen molar-refractivity contribution in [2.24, 2.45) is 0 Å². The van der Waals surface area contributed by atoms with Gasteiger partial charge in [-0.05, 0) is 60.5 Å². The summed E-state index contributed by atoms with van der Waals surface area (Å²) < 4.78 is 78.2. The minimum Gasteiger partial charge on any atom is -0.166 e. The minimum absolute atomic E-state index is 0.235. The van der Waals surface area contributed by atoms with E-state index in [-0.39, 0.29) is 22.7 Å². The third kappa shape index (κ3) is 3.52. The highest BCUT2D eigenvalue weighted by molar-refractivity contribution is 7.67. The normalized spacial score (nSPS) is 28.7. The molecule has 2 fully saturated rings. The van der Waals surface area contributed by atoms with Gasteiger partial charge >= 0.3 is 12.4 Å². The molecule has 2 atom stereocenters. The first-order valence-corrected chi connectivity index (χ1v) is 9.22. The average Bonchev–Trinajstić information content (AvgIpc) is 2.69. The molecule has 1 aromatic carbocycles. The largest absolute Gasteiger partial charge is 0.416 e. The van der Waals surface area contributed by atoms with Crippen LogP contribution in [0.25, 0.3) is 0 Å². The number of hydrogen-bond acceptors (Lipinski definition) is 0. The molecule has 2 heterocycles. The SMILES string of the molecule is FC(F)(F)c1cc(P2C3CCCCC2CC3)cc(C(F)(F)F)c1. The molecule has 2 bridgehead atoms. The summed E-state index contributed by atoms with van der Waals surface area (Å²) >= 11 is 0. The molecule has 0 spiro atoms. The van der Waals surface area contributed by atoms with Crippen LogP contribution in [0.2, 0.25) is 0 Å². The molecular formula is C16H17F6P. The number of halogens is 6. The Kier molecular flexibility index (Phi) is 4.41. The summed E-state index contributed by atoms with van der Waals surface area (Å²) in [7, 11) is -0.932. The van der Waals surface area contributed by atoms with E-state index >= 15 is 0 Å². The molecule has 3 rings (SSSR count). The molecule has 0 radical (unpaired) electrons. The molecule has 1 aromatic rings. The second-order valence-electron chi connectivity index (χ2n) is 6.34. The van der Waals surface area contributed by atoms with E-state index in [1.807, 2.05) is 0 Å². The fourth-order valence-corrected chi connectivity index (χ4v) is 7.59. The van der Waals surface area contributed by atoms with Gasteiger partial charge in [-0.25, -0.2) is 0 Å². The van der Waals surface area contributed by atoms with Crippen LogP contribution in [0.5, 0.6) is 0 Å². The lowest BCUT2D eigenvalue weighted by atomic mass is 10.0. The van der Waals surface area contributed by atoms with E-state index in [9.17, 15) is 26.3 Å². The summed E-state index contributed by atoms with van der Waals surface area (Å²) in [6, 6.07) is 2.17. The predicted octanol–water partition coefficient (Wildman–Crippen LogP) is 5.94. The first-order valence-electron chi connectivity index (χ1n) is 7.74. The summed E-state index contributed by atoms with van der Waals surface area (Å²) in [6.45, 7) is 0. The van der Waals surface area contributed by atoms with Crippen LogP contribution in [-0.2, 0) is 12.4 Å². The summed E-state index contributed by atoms with van der Waals surface area (Å²) in [5.41, 5.74) is -1.79. The summed E-state index contributed by atoms with van der Waals surface area (Å²) in [6.07, 6.45) is -3.70. The number of hydrogen-bond donors (Lipinski definition) is 0. The Morgan fingerprint density at radius 3 is 1.52 bits per heavy atom. The fourth-order valence-electron chi connectivity index (χ4n) is 3.80. The molecule has 0 saturated carbocycles. The van der Waals surface area contributed by atoms with E-state index in [1.54, 1.807) is 0 Å². The van der Waals surface area contributed by atoms with Crippen molar-refractivity contribution in [2.45, 2.75) is 62.2 Å². The topological polar surface area (TPSA) is 0 Å². The van der Waals surface area contributed by atoms with Crippen LogP contribution < -0.4 is 5.30 Å². The molecular weight excluding hydrogens is 337 g/mol. The quantitative estimate of drug-likeness (QED) is 0.433. The van der Waals surface area contributed by atoms with Crippen LogP contribution in [0.1, 0.15) is 49.7 Å². The lowest BCUT2D eigenvalue weighted by Crippen LogP contribution is -2.20. The van der Waals surface area contributed by atoms with Crippen LogP contribution in [0, 0.1) is 0 Å². The predicted molar refractivity (Wildman–Crippen MR) is 78.3 cm³/mol. The standard InChI is InChI=1S/C16H17F6P/c17-15(18,19)10-7-11(16(20,21)22)9-14(8-10)23-12-3-1-2-4-13(23)6-5-12/h7-9,12-13H,1-6H2. The van der Waals surface area contributed by atoms with Gasteiger partial charge in [-0.15, -0.1) is 0 Å². The van der Waals surface area contributed by atoms with Crippen LogP contribution >= 0.6 is 7.92 Å². The van der Waals surface area contributed by atoms with Crippen molar-refractivity contribution in [1.29, 1.82) is 0 Å². The van der Waals surface area contributed by atoms with E-state index in [1.165, 1.54) is 0 Å². The highest BCUT2D eigenvalue weighted by atomic mass is 31.1. The molecule has 2 saturated heterocycles. The van der Waals surface area contributed by atoms with Crippen LogP contribution in [0.15, 0.2) is 18.2 Å². The van der Waals surface area contributed by atoms with Crippen molar-refractivity contribution in [1.82, 2.24) is 0 Å². The molecule has 2 aliphatic rings. The molecule has 128 valence electrons. The number of fused-ring (bicyclic) bond motifs is 2. The number of benzene rings is 1. The number of alkyl halides is 6. The summed E-state index contributed by atoms with van der Waals surface area (Å²) in [5, 5.41) is 0.288. The van der Waals surface area contributed by atoms with Crippen molar-refractivity contribution in [3.63, 3.8) is 0 Å². The van der Waals surface area contributed by atoms with E-state index in [0.29, 0.717) is 0 Å². The van der Waals surface area contributed by atoms with Crippen molar-refractivity contribution in [2.75, 3.05) is 0 Å². The van der Waals surface area contributed by atoms with Crippen molar-refractivity contribution in [3.8, 4) is 0 Å². The van der Waals surface area contributed by atoms with Crippen molar-refractivity contribution < 1.29 is 26.3 Å². The van der Waals surface area contributed by atoms with Crippen LogP contribution in [-0.4, -0.2) is 11.3 Å². The Labute approximate surface area is 132 Å². The highest BCUT2D eigenvalue weighted by Gasteiger charge is 2.42. The second kappa shape index (κ2) is 5.94. The molecule has 23 heavy (non-hydrogen) atoms. The summed E-state index contributed by atoms with van der Waals surface area (Å²) in [4.78, 5) is 0. The molecule has 0 aromatic heterocycles. The monoisotopic (exact) mass is 354 g/mol. The fraction of sp³-hybridized carbons (Fsp3) is 0.625. The second-order valence-corrected chi connectivity index (χ2v) is 9.13. The van der Waals surface area contributed by atoms with E-state index < -0.39 is 31.4 Å². The van der Waals surface area contributed by atoms with Gasteiger partial charge in [0.2, 0.25) is 0 Å². The molecule has 2 aliphatic heterocycles. The Balaban J connectivity index is 2.07. The van der Waals surface area contributed by atoms with Gasteiger partial charge in [0.25, 0.3) is 0 Å². The van der Waals surface area contributed by atoms with Gasteiger partial charge in [0.15, 0.2) is 0 Å². The average molecular weight is 354 g/mol. The van der Waals surface area contributed by atoms with E-state index in [0.717, 1.165) is 50.7 Å². The van der Waals surface area contributed by atoms with E-state index in [2.05, 4.69) is 0 Å². The Morgan fingerprint density at radius 2 is 1.13 bits per heavy atom. The van der Waals surface area contributed by atoms with Gasteiger partial charge in [-0.3, -0.25) is 0 Å². The first-order chi connectivity index (χ1) is 10.7. The zero-order valence-corrected chi connectivity index (χ0v) is 13.2. The lowest BCUT2D eigenvalue weighted by Gasteiger charge is -2.25. The third-order valence-corrected chi connectivity index (χ3v) is 8.28. The van der Waals surface area contributed by atoms with Gasteiger partial charge in [0.1, 0.15) is 0 Å².